The summed E-state index contributed by atoms with van der Waals surface area (Å²) in [7, 11) is 0. The molecule has 2 amide bonds. The van der Waals surface area contributed by atoms with E-state index in [1.807, 2.05) is 38.3 Å². The average molecular weight is 405 g/mol. The van der Waals surface area contributed by atoms with Gasteiger partial charge in [0.05, 0.1) is 13.1 Å². The molecule has 0 aliphatic rings. The van der Waals surface area contributed by atoms with Crippen molar-refractivity contribution in [1.29, 1.82) is 0 Å². The van der Waals surface area contributed by atoms with Crippen molar-refractivity contribution in [3.05, 3.63) is 58.0 Å². The molecule has 0 saturated carbocycles. The predicted molar refractivity (Wildman–Crippen MR) is 111 cm³/mol. The van der Waals surface area contributed by atoms with Crippen molar-refractivity contribution >= 4 is 23.2 Å². The van der Waals surface area contributed by atoms with Crippen LogP contribution in [0.1, 0.15) is 50.5 Å². The van der Waals surface area contributed by atoms with Gasteiger partial charge in [-0.05, 0) is 49.4 Å². The average Bonchev–Trinajstić information content (AvgIpc) is 3.18. The molecule has 1 aromatic heterocycles. The van der Waals surface area contributed by atoms with Gasteiger partial charge < -0.3 is 9.80 Å². The van der Waals surface area contributed by atoms with E-state index in [4.69, 9.17) is 0 Å². The zero-order chi connectivity index (χ0) is 20.5. The fraction of sp³-hybridized carbons (Fsp3) is 0.455. The summed E-state index contributed by atoms with van der Waals surface area (Å²) in [5.74, 6) is -0.383. The number of carbonyl (C=O) groups excluding carboxylic acids is 2. The second kappa shape index (κ2) is 11.0. The molecular weight excluding hydrogens is 375 g/mol. The Morgan fingerprint density at radius 1 is 1.07 bits per heavy atom. The molecule has 1 aromatic carbocycles. The fourth-order valence-corrected chi connectivity index (χ4v) is 3.63. The van der Waals surface area contributed by atoms with E-state index in [0.29, 0.717) is 19.5 Å². The molecule has 0 radical (unpaired) electrons. The molecule has 0 unspecified atom stereocenters. The molecule has 4 nitrogen and oxygen atoms in total. The van der Waals surface area contributed by atoms with Crippen LogP contribution in [-0.2, 0) is 22.7 Å². The molecule has 28 heavy (non-hydrogen) atoms. The van der Waals surface area contributed by atoms with E-state index in [-0.39, 0.29) is 30.2 Å². The largest absolute Gasteiger partial charge is 0.332 e. The molecule has 2 aromatic rings. The van der Waals surface area contributed by atoms with Crippen LogP contribution in [0.3, 0.4) is 0 Å². The highest BCUT2D eigenvalue weighted by Crippen LogP contribution is 2.16. The first-order valence-electron chi connectivity index (χ1n) is 9.74. The van der Waals surface area contributed by atoms with Crippen molar-refractivity contribution in [2.24, 2.45) is 0 Å². The Morgan fingerprint density at radius 3 is 2.36 bits per heavy atom. The van der Waals surface area contributed by atoms with E-state index in [0.717, 1.165) is 23.3 Å². The molecule has 0 bridgehead atoms. The summed E-state index contributed by atoms with van der Waals surface area (Å²) in [6.07, 6.45) is 2.23. The van der Waals surface area contributed by atoms with Crippen molar-refractivity contribution in [3.63, 3.8) is 0 Å². The van der Waals surface area contributed by atoms with Gasteiger partial charge in [-0.3, -0.25) is 9.59 Å². The van der Waals surface area contributed by atoms with Gasteiger partial charge in [0.15, 0.2) is 0 Å². The van der Waals surface area contributed by atoms with Crippen LogP contribution in [0.15, 0.2) is 41.8 Å². The van der Waals surface area contributed by atoms with Gasteiger partial charge in [0.2, 0.25) is 11.8 Å². The van der Waals surface area contributed by atoms with Crippen LogP contribution in [0.2, 0.25) is 0 Å². The summed E-state index contributed by atoms with van der Waals surface area (Å²) in [6.45, 7) is 6.83. The maximum atomic E-state index is 13.2. The third kappa shape index (κ3) is 6.75. The lowest BCUT2D eigenvalue weighted by Crippen LogP contribution is -2.45. The van der Waals surface area contributed by atoms with E-state index in [1.165, 1.54) is 12.1 Å². The molecule has 0 aliphatic heterocycles. The Kier molecular flexibility index (Phi) is 8.64. The highest BCUT2D eigenvalue weighted by atomic mass is 32.1. The molecule has 0 spiro atoms. The number of nitrogens with zero attached hydrogens (tertiary/aromatic N) is 2. The summed E-state index contributed by atoms with van der Waals surface area (Å²) in [4.78, 5) is 30.1. The molecule has 2 rings (SSSR count). The smallest absolute Gasteiger partial charge is 0.242 e. The summed E-state index contributed by atoms with van der Waals surface area (Å²) < 4.78 is 13.2. The van der Waals surface area contributed by atoms with Gasteiger partial charge >= 0.3 is 0 Å². The molecule has 0 N–H and O–H groups in total. The first kappa shape index (κ1) is 22.1. The number of amides is 2. The normalized spacial score (nSPS) is 10.9. The van der Waals surface area contributed by atoms with E-state index in [2.05, 4.69) is 0 Å². The summed E-state index contributed by atoms with van der Waals surface area (Å²) in [5.41, 5.74) is 0.861. The Labute approximate surface area is 171 Å². The van der Waals surface area contributed by atoms with Crippen LogP contribution in [0, 0.1) is 5.82 Å². The van der Waals surface area contributed by atoms with Crippen LogP contribution in [0.4, 0.5) is 4.39 Å². The van der Waals surface area contributed by atoms with E-state index in [1.54, 1.807) is 33.3 Å². The van der Waals surface area contributed by atoms with Gasteiger partial charge in [-0.2, -0.15) is 0 Å². The fourth-order valence-electron chi connectivity index (χ4n) is 2.91. The molecule has 152 valence electrons. The van der Waals surface area contributed by atoms with Gasteiger partial charge in [-0.25, -0.2) is 4.39 Å². The van der Waals surface area contributed by atoms with Crippen molar-refractivity contribution in [2.45, 2.75) is 59.2 Å². The number of benzene rings is 1. The minimum atomic E-state index is -0.299. The lowest BCUT2D eigenvalue weighted by atomic mass is 10.2. The lowest BCUT2D eigenvalue weighted by molar-refractivity contribution is -0.142. The third-order valence-electron chi connectivity index (χ3n) is 4.56. The monoisotopic (exact) mass is 404 g/mol. The topological polar surface area (TPSA) is 40.6 Å². The predicted octanol–water partition coefficient (Wildman–Crippen LogP) is 4.84. The van der Waals surface area contributed by atoms with E-state index in [9.17, 15) is 14.0 Å². The van der Waals surface area contributed by atoms with E-state index >= 15 is 0 Å². The van der Waals surface area contributed by atoms with Gasteiger partial charge in [0.25, 0.3) is 0 Å². The highest BCUT2D eigenvalue weighted by molar-refractivity contribution is 7.09. The van der Waals surface area contributed by atoms with Gasteiger partial charge in [0, 0.05) is 23.9 Å². The second-order valence-corrected chi connectivity index (χ2v) is 8.21. The minimum Gasteiger partial charge on any atom is -0.332 e. The molecule has 1 heterocycles. The third-order valence-corrected chi connectivity index (χ3v) is 5.42. The second-order valence-electron chi connectivity index (χ2n) is 7.17. The zero-order valence-corrected chi connectivity index (χ0v) is 17.7. The molecule has 0 saturated heterocycles. The number of unbranched alkanes of at least 4 members (excludes halogenated alkanes) is 1. The van der Waals surface area contributed by atoms with Crippen molar-refractivity contribution in [3.8, 4) is 0 Å². The lowest BCUT2D eigenvalue weighted by Gasteiger charge is -2.30. The Hall–Kier alpha value is -2.21. The summed E-state index contributed by atoms with van der Waals surface area (Å²) in [5, 5.41) is 1.98. The maximum Gasteiger partial charge on any atom is 0.242 e. The SMILES string of the molecule is CCCCC(=O)N(CC(=O)N(Cc1ccc(F)cc1)Cc1cccs1)C(C)C. The molecule has 0 aliphatic carbocycles. The van der Waals surface area contributed by atoms with Crippen molar-refractivity contribution in [2.75, 3.05) is 6.54 Å². The molecular formula is C22H29FN2O2S. The Bertz CT molecular complexity index is 744. The molecule has 6 heteroatoms. The Balaban J connectivity index is 2.14. The summed E-state index contributed by atoms with van der Waals surface area (Å²) >= 11 is 1.59. The van der Waals surface area contributed by atoms with Gasteiger partial charge in [-0.15, -0.1) is 11.3 Å². The number of hydrogen-bond acceptors (Lipinski definition) is 3. The van der Waals surface area contributed by atoms with Crippen molar-refractivity contribution < 1.29 is 14.0 Å². The minimum absolute atomic E-state index is 0.0167. The van der Waals surface area contributed by atoms with Gasteiger partial charge in [0.1, 0.15) is 5.82 Å². The molecule has 0 atom stereocenters. The van der Waals surface area contributed by atoms with Gasteiger partial charge in [-0.1, -0.05) is 31.5 Å². The van der Waals surface area contributed by atoms with E-state index < -0.39 is 0 Å². The van der Waals surface area contributed by atoms with Crippen LogP contribution >= 0.6 is 11.3 Å². The first-order chi connectivity index (χ1) is 13.4. The summed E-state index contributed by atoms with van der Waals surface area (Å²) in [6, 6.07) is 10.1. The van der Waals surface area contributed by atoms with Crippen LogP contribution < -0.4 is 0 Å². The van der Waals surface area contributed by atoms with Crippen LogP contribution in [0.25, 0.3) is 0 Å². The molecule has 0 fully saturated rings. The Morgan fingerprint density at radius 2 is 1.79 bits per heavy atom. The maximum absolute atomic E-state index is 13.2. The number of thiophene rings is 1. The quantitative estimate of drug-likeness (QED) is 0.568. The highest BCUT2D eigenvalue weighted by Gasteiger charge is 2.23. The van der Waals surface area contributed by atoms with Crippen LogP contribution in [-0.4, -0.2) is 34.2 Å². The number of hydrogen-bond donors (Lipinski definition) is 0. The number of rotatable bonds is 10. The number of halogens is 1. The van der Waals surface area contributed by atoms with Crippen molar-refractivity contribution in [1.82, 2.24) is 9.80 Å². The number of carbonyl (C=O) groups is 2. The standard InChI is InChI=1S/C22H29FN2O2S/c1-4-5-8-21(26)25(17(2)3)16-22(27)24(15-20-7-6-13-28-20)14-18-9-11-19(23)12-10-18/h6-7,9-13,17H,4-5,8,14-16H2,1-3H3. The zero-order valence-electron chi connectivity index (χ0n) is 16.9. The van der Waals surface area contributed by atoms with Crippen LogP contribution in [0.5, 0.6) is 0 Å². The first-order valence-corrected chi connectivity index (χ1v) is 10.6.